The average Bonchev–Trinajstić information content (AvgIpc) is 2.30. The highest BCUT2D eigenvalue weighted by Crippen LogP contribution is 2.09. The molecule has 1 aromatic rings. The van der Waals surface area contributed by atoms with Crippen LogP contribution >= 0.6 is 0 Å². The predicted molar refractivity (Wildman–Crippen MR) is 43.0 cm³/mol. The minimum Gasteiger partial charge on any atom is -0.324 e. The van der Waals surface area contributed by atoms with Gasteiger partial charge in [0.05, 0.1) is 6.54 Å². The first-order valence-corrected chi connectivity index (χ1v) is 3.77. The lowest BCUT2D eigenvalue weighted by Crippen LogP contribution is -2.11. The summed E-state index contributed by atoms with van der Waals surface area (Å²) in [6.07, 6.45) is 0. The average molecular weight is 154 g/mol. The lowest BCUT2D eigenvalue weighted by molar-refractivity contribution is 0.554. The highest BCUT2D eigenvalue weighted by molar-refractivity contribution is 4.94. The zero-order valence-corrected chi connectivity index (χ0v) is 7.20. The van der Waals surface area contributed by atoms with Crippen LogP contribution in [0.4, 0.5) is 0 Å². The summed E-state index contributed by atoms with van der Waals surface area (Å²) in [5.41, 5.74) is 5.48. The van der Waals surface area contributed by atoms with E-state index in [1.165, 1.54) is 0 Å². The third kappa shape index (κ3) is 1.40. The molecule has 1 heterocycles. The van der Waals surface area contributed by atoms with E-state index in [0.29, 0.717) is 12.6 Å². The standard InChI is InChI=1S/C7H14N4/c1-5(2)11-6(3)9-10-7(11)4-8/h5H,4,8H2,1-3H3. The molecule has 1 aromatic heterocycles. The van der Waals surface area contributed by atoms with Crippen molar-refractivity contribution in [2.75, 3.05) is 0 Å². The van der Waals surface area contributed by atoms with E-state index in [9.17, 15) is 0 Å². The molecule has 0 radical (unpaired) electrons. The third-order valence-electron chi connectivity index (χ3n) is 1.64. The molecular formula is C7H14N4. The first-order chi connectivity index (χ1) is 5.16. The quantitative estimate of drug-likeness (QED) is 0.679. The van der Waals surface area contributed by atoms with Gasteiger partial charge in [0.2, 0.25) is 0 Å². The molecule has 0 aliphatic rings. The van der Waals surface area contributed by atoms with Crippen LogP contribution in [0.25, 0.3) is 0 Å². The second-order valence-corrected chi connectivity index (χ2v) is 2.83. The van der Waals surface area contributed by atoms with E-state index in [1.54, 1.807) is 0 Å². The van der Waals surface area contributed by atoms with Crippen LogP contribution in [0.5, 0.6) is 0 Å². The maximum absolute atomic E-state index is 5.48. The highest BCUT2D eigenvalue weighted by atomic mass is 15.3. The number of aryl methyl sites for hydroxylation is 1. The molecule has 1 rings (SSSR count). The molecule has 0 spiro atoms. The minimum atomic E-state index is 0.392. The Kier molecular flexibility index (Phi) is 2.24. The van der Waals surface area contributed by atoms with Crippen LogP contribution in [-0.2, 0) is 6.54 Å². The molecule has 0 aromatic carbocycles. The van der Waals surface area contributed by atoms with Crippen molar-refractivity contribution in [3.05, 3.63) is 11.6 Å². The second kappa shape index (κ2) is 3.00. The van der Waals surface area contributed by atoms with Crippen molar-refractivity contribution in [2.45, 2.75) is 33.4 Å². The number of rotatable bonds is 2. The molecule has 0 atom stereocenters. The molecule has 0 aliphatic heterocycles. The van der Waals surface area contributed by atoms with E-state index in [2.05, 4.69) is 24.0 Å². The van der Waals surface area contributed by atoms with Gasteiger partial charge in [0.15, 0.2) is 0 Å². The normalized spacial score (nSPS) is 11.0. The van der Waals surface area contributed by atoms with Gasteiger partial charge in [-0.1, -0.05) is 0 Å². The van der Waals surface area contributed by atoms with E-state index >= 15 is 0 Å². The molecule has 0 unspecified atom stereocenters. The summed E-state index contributed by atoms with van der Waals surface area (Å²) in [5.74, 6) is 1.79. The van der Waals surface area contributed by atoms with Gasteiger partial charge in [-0.25, -0.2) is 0 Å². The zero-order valence-electron chi connectivity index (χ0n) is 7.20. The SMILES string of the molecule is Cc1nnc(CN)n1C(C)C. The maximum Gasteiger partial charge on any atom is 0.147 e. The fourth-order valence-corrected chi connectivity index (χ4v) is 1.22. The third-order valence-corrected chi connectivity index (χ3v) is 1.64. The van der Waals surface area contributed by atoms with Crippen LogP contribution < -0.4 is 5.73 Å². The molecule has 0 fully saturated rings. The monoisotopic (exact) mass is 154 g/mol. The van der Waals surface area contributed by atoms with Crippen molar-refractivity contribution >= 4 is 0 Å². The molecule has 0 bridgehead atoms. The summed E-state index contributed by atoms with van der Waals surface area (Å²) in [4.78, 5) is 0. The Bertz CT molecular complexity index is 239. The van der Waals surface area contributed by atoms with Gasteiger partial charge in [-0.2, -0.15) is 0 Å². The first-order valence-electron chi connectivity index (χ1n) is 3.77. The van der Waals surface area contributed by atoms with Crippen molar-refractivity contribution in [3.63, 3.8) is 0 Å². The van der Waals surface area contributed by atoms with Crippen LogP contribution in [-0.4, -0.2) is 14.8 Å². The Morgan fingerprint density at radius 3 is 2.45 bits per heavy atom. The molecule has 0 amide bonds. The fourth-order valence-electron chi connectivity index (χ4n) is 1.22. The van der Waals surface area contributed by atoms with Crippen molar-refractivity contribution in [1.29, 1.82) is 0 Å². The number of aromatic nitrogens is 3. The lowest BCUT2D eigenvalue weighted by Gasteiger charge is -2.10. The highest BCUT2D eigenvalue weighted by Gasteiger charge is 2.08. The smallest absolute Gasteiger partial charge is 0.147 e. The summed E-state index contributed by atoms with van der Waals surface area (Å²) in [6, 6.07) is 0.392. The molecule has 11 heavy (non-hydrogen) atoms. The van der Waals surface area contributed by atoms with Gasteiger partial charge in [0.1, 0.15) is 11.6 Å². The number of hydrogen-bond acceptors (Lipinski definition) is 3. The van der Waals surface area contributed by atoms with Gasteiger partial charge < -0.3 is 10.3 Å². The second-order valence-electron chi connectivity index (χ2n) is 2.83. The van der Waals surface area contributed by atoms with Gasteiger partial charge in [0, 0.05) is 6.04 Å². The van der Waals surface area contributed by atoms with Crippen molar-refractivity contribution < 1.29 is 0 Å². The van der Waals surface area contributed by atoms with E-state index in [1.807, 2.05) is 11.5 Å². The predicted octanol–water partition coefficient (Wildman–Crippen LogP) is 0.626. The maximum atomic E-state index is 5.48. The Labute approximate surface area is 66.4 Å². The summed E-state index contributed by atoms with van der Waals surface area (Å²) >= 11 is 0. The van der Waals surface area contributed by atoms with E-state index in [-0.39, 0.29) is 0 Å². The van der Waals surface area contributed by atoms with Crippen molar-refractivity contribution in [2.24, 2.45) is 5.73 Å². The molecule has 0 aliphatic carbocycles. The number of hydrogen-bond donors (Lipinski definition) is 1. The molecule has 4 nitrogen and oxygen atoms in total. The van der Waals surface area contributed by atoms with Crippen LogP contribution in [0.2, 0.25) is 0 Å². The molecule has 4 heteroatoms. The van der Waals surface area contributed by atoms with Crippen LogP contribution in [0.1, 0.15) is 31.5 Å². The summed E-state index contributed by atoms with van der Waals surface area (Å²) in [5, 5.41) is 7.89. The van der Waals surface area contributed by atoms with Gasteiger partial charge in [-0.15, -0.1) is 10.2 Å². The molecule has 0 saturated heterocycles. The Morgan fingerprint density at radius 1 is 1.45 bits per heavy atom. The first kappa shape index (κ1) is 8.20. The van der Waals surface area contributed by atoms with Gasteiger partial charge in [-0.05, 0) is 20.8 Å². The topological polar surface area (TPSA) is 56.7 Å². The van der Waals surface area contributed by atoms with Gasteiger partial charge in [0.25, 0.3) is 0 Å². The summed E-state index contributed by atoms with van der Waals surface area (Å²) in [7, 11) is 0. The van der Waals surface area contributed by atoms with E-state index in [4.69, 9.17) is 5.73 Å². The molecule has 62 valence electrons. The Hall–Kier alpha value is -0.900. The molecule has 0 saturated carbocycles. The number of nitrogens with two attached hydrogens (primary N) is 1. The van der Waals surface area contributed by atoms with Crippen LogP contribution in [0, 0.1) is 6.92 Å². The number of nitrogens with zero attached hydrogens (tertiary/aromatic N) is 3. The van der Waals surface area contributed by atoms with Crippen molar-refractivity contribution in [1.82, 2.24) is 14.8 Å². The Morgan fingerprint density at radius 2 is 2.09 bits per heavy atom. The van der Waals surface area contributed by atoms with Gasteiger partial charge >= 0.3 is 0 Å². The van der Waals surface area contributed by atoms with Crippen LogP contribution in [0.3, 0.4) is 0 Å². The lowest BCUT2D eigenvalue weighted by atomic mass is 10.3. The Balaban J connectivity index is 3.07. The van der Waals surface area contributed by atoms with E-state index < -0.39 is 0 Å². The van der Waals surface area contributed by atoms with Crippen molar-refractivity contribution in [3.8, 4) is 0 Å². The largest absolute Gasteiger partial charge is 0.324 e. The minimum absolute atomic E-state index is 0.392. The van der Waals surface area contributed by atoms with E-state index in [0.717, 1.165) is 11.6 Å². The zero-order chi connectivity index (χ0) is 8.43. The fraction of sp³-hybridized carbons (Fsp3) is 0.714. The molecular weight excluding hydrogens is 140 g/mol. The van der Waals surface area contributed by atoms with Crippen LogP contribution in [0.15, 0.2) is 0 Å². The van der Waals surface area contributed by atoms with Gasteiger partial charge in [-0.3, -0.25) is 0 Å². The molecule has 2 N–H and O–H groups in total. The summed E-state index contributed by atoms with van der Waals surface area (Å²) in [6.45, 7) is 6.58. The summed E-state index contributed by atoms with van der Waals surface area (Å²) < 4.78 is 2.04.